The van der Waals surface area contributed by atoms with Crippen LogP contribution in [0.15, 0.2) is 42.5 Å². The van der Waals surface area contributed by atoms with Crippen molar-refractivity contribution >= 4 is 28.8 Å². The fourth-order valence-corrected chi connectivity index (χ4v) is 5.10. The van der Waals surface area contributed by atoms with Crippen LogP contribution in [-0.2, 0) is 15.8 Å². The summed E-state index contributed by atoms with van der Waals surface area (Å²) in [7, 11) is 0. The van der Waals surface area contributed by atoms with Crippen LogP contribution in [0.5, 0.6) is 11.5 Å². The van der Waals surface area contributed by atoms with E-state index < -0.39 is 29.4 Å². The van der Waals surface area contributed by atoms with Crippen LogP contribution in [-0.4, -0.2) is 41.8 Å². The first-order chi connectivity index (χ1) is 17.6. The summed E-state index contributed by atoms with van der Waals surface area (Å²) in [5.41, 5.74) is 0.659. The summed E-state index contributed by atoms with van der Waals surface area (Å²) < 4.78 is 51.6. The molecule has 0 radical (unpaired) electrons. The summed E-state index contributed by atoms with van der Waals surface area (Å²) in [5.74, 6) is -0.0961. The second-order valence-corrected chi connectivity index (χ2v) is 9.57. The van der Waals surface area contributed by atoms with Gasteiger partial charge in [0.1, 0.15) is 17.1 Å². The van der Waals surface area contributed by atoms with Gasteiger partial charge in [-0.3, -0.25) is 9.59 Å². The molecule has 2 amide bonds. The highest BCUT2D eigenvalue weighted by molar-refractivity contribution is 6.06. The van der Waals surface area contributed by atoms with E-state index >= 15 is 0 Å². The molecule has 0 bridgehead atoms. The molecule has 2 aromatic rings. The number of fused-ring (bicyclic) bond motifs is 2. The summed E-state index contributed by atoms with van der Waals surface area (Å²) in [6, 6.07) is 8.30. The van der Waals surface area contributed by atoms with Crippen molar-refractivity contribution in [3.05, 3.63) is 53.6 Å². The molecular formula is C27H27F3N2O5. The Bertz CT molecular complexity index is 1270. The van der Waals surface area contributed by atoms with Gasteiger partial charge in [0, 0.05) is 43.3 Å². The van der Waals surface area contributed by atoms with Crippen LogP contribution in [0, 0.1) is 0 Å². The minimum absolute atomic E-state index is 0.139. The lowest BCUT2D eigenvalue weighted by molar-refractivity contribution is -0.138. The predicted molar refractivity (Wildman–Crippen MR) is 130 cm³/mol. The van der Waals surface area contributed by atoms with E-state index in [9.17, 15) is 27.9 Å². The molecule has 1 spiro atoms. The smallest absolute Gasteiger partial charge is 0.416 e. The number of benzene rings is 2. The molecule has 37 heavy (non-hydrogen) atoms. The topological polar surface area (TPSA) is 88.1 Å². The van der Waals surface area contributed by atoms with Crippen LogP contribution in [0.4, 0.5) is 24.5 Å². The van der Waals surface area contributed by atoms with E-state index in [1.54, 1.807) is 23.1 Å². The molecule has 10 heteroatoms. The Morgan fingerprint density at radius 3 is 2.65 bits per heavy atom. The van der Waals surface area contributed by atoms with Crippen molar-refractivity contribution in [2.45, 2.75) is 56.9 Å². The molecule has 1 aliphatic carbocycles. The van der Waals surface area contributed by atoms with Crippen molar-refractivity contribution in [1.82, 2.24) is 0 Å². The van der Waals surface area contributed by atoms with Gasteiger partial charge in [0.25, 0.3) is 5.91 Å². The van der Waals surface area contributed by atoms with Crippen molar-refractivity contribution in [3.63, 3.8) is 0 Å². The van der Waals surface area contributed by atoms with Gasteiger partial charge in [-0.05, 0) is 62.1 Å². The molecule has 1 unspecified atom stereocenters. The van der Waals surface area contributed by atoms with Crippen molar-refractivity contribution in [3.8, 4) is 11.5 Å². The zero-order chi connectivity index (χ0) is 26.4. The number of aliphatic hydroxyl groups is 1. The Morgan fingerprint density at radius 1 is 1.22 bits per heavy atom. The van der Waals surface area contributed by atoms with Crippen LogP contribution in [0.2, 0.25) is 0 Å². The molecule has 196 valence electrons. The number of halogens is 3. The molecule has 7 nitrogen and oxygen atoms in total. The van der Waals surface area contributed by atoms with Crippen molar-refractivity contribution in [1.29, 1.82) is 0 Å². The van der Waals surface area contributed by atoms with E-state index in [4.69, 9.17) is 9.47 Å². The van der Waals surface area contributed by atoms with E-state index in [0.717, 1.165) is 18.6 Å². The van der Waals surface area contributed by atoms with Gasteiger partial charge in [0.05, 0.1) is 11.3 Å². The SMILES string of the molecule is CCN1C(=O)C(CCO)Oc2ccc(NC(=O)C=C3CC4(CCC4)Oc4cc(C(F)(F)F)ccc43)cc21. The normalized spacial score (nSPS) is 21.0. The first-order valence-electron chi connectivity index (χ1n) is 12.3. The molecule has 2 N–H and O–H groups in total. The summed E-state index contributed by atoms with van der Waals surface area (Å²) in [5, 5.41) is 12.0. The second-order valence-electron chi connectivity index (χ2n) is 9.57. The van der Waals surface area contributed by atoms with Gasteiger partial charge >= 0.3 is 6.18 Å². The molecule has 0 saturated heterocycles. The number of rotatable bonds is 5. The molecule has 2 heterocycles. The van der Waals surface area contributed by atoms with Gasteiger partial charge < -0.3 is 24.8 Å². The number of hydrogen-bond acceptors (Lipinski definition) is 5. The number of aliphatic hydroxyl groups excluding tert-OH is 1. The maximum Gasteiger partial charge on any atom is 0.416 e. The average molecular weight is 517 g/mol. The summed E-state index contributed by atoms with van der Waals surface area (Å²) in [4.78, 5) is 27.3. The Morgan fingerprint density at radius 2 is 2.00 bits per heavy atom. The molecule has 2 aliphatic heterocycles. The quantitative estimate of drug-likeness (QED) is 0.551. The van der Waals surface area contributed by atoms with Crippen LogP contribution in [0.25, 0.3) is 5.57 Å². The molecule has 1 fully saturated rings. The summed E-state index contributed by atoms with van der Waals surface area (Å²) in [6.45, 7) is 2.03. The fourth-order valence-electron chi connectivity index (χ4n) is 5.10. The fraction of sp³-hybridized carbons (Fsp3) is 0.407. The maximum absolute atomic E-state index is 13.3. The minimum atomic E-state index is -4.49. The first kappa shape index (κ1) is 25.1. The van der Waals surface area contributed by atoms with Gasteiger partial charge in [-0.15, -0.1) is 0 Å². The predicted octanol–water partition coefficient (Wildman–Crippen LogP) is 4.93. The number of amides is 2. The number of nitrogens with one attached hydrogen (secondary N) is 1. The third kappa shape index (κ3) is 4.77. The number of nitrogens with zero attached hydrogens (tertiary/aromatic N) is 1. The van der Waals surface area contributed by atoms with Crippen LogP contribution in [0.1, 0.15) is 50.2 Å². The number of carbonyl (C=O) groups excluding carboxylic acids is 2. The lowest BCUT2D eigenvalue weighted by Gasteiger charge is -2.46. The van der Waals surface area contributed by atoms with E-state index in [-0.39, 0.29) is 24.7 Å². The van der Waals surface area contributed by atoms with Gasteiger partial charge in [0.15, 0.2) is 6.10 Å². The van der Waals surface area contributed by atoms with E-state index in [1.165, 1.54) is 12.1 Å². The minimum Gasteiger partial charge on any atom is -0.486 e. The molecular weight excluding hydrogens is 489 g/mol. The monoisotopic (exact) mass is 516 g/mol. The highest BCUT2D eigenvalue weighted by Crippen LogP contribution is 2.50. The van der Waals surface area contributed by atoms with Gasteiger partial charge in [-0.2, -0.15) is 13.2 Å². The average Bonchev–Trinajstić information content (AvgIpc) is 2.83. The summed E-state index contributed by atoms with van der Waals surface area (Å²) in [6.07, 6.45) is -0.908. The molecule has 2 aromatic carbocycles. The lowest BCUT2D eigenvalue weighted by atomic mass is 9.72. The molecule has 5 rings (SSSR count). The van der Waals surface area contributed by atoms with E-state index in [0.29, 0.717) is 54.1 Å². The highest BCUT2D eigenvalue weighted by Gasteiger charge is 2.44. The van der Waals surface area contributed by atoms with Crippen LogP contribution in [0.3, 0.4) is 0 Å². The third-order valence-corrected chi connectivity index (χ3v) is 7.10. The molecule has 3 aliphatic rings. The molecule has 0 aromatic heterocycles. The number of carbonyl (C=O) groups is 2. The Hall–Kier alpha value is -3.53. The third-order valence-electron chi connectivity index (χ3n) is 7.10. The molecule has 1 saturated carbocycles. The number of ether oxygens (including phenoxy) is 2. The first-order valence-corrected chi connectivity index (χ1v) is 12.3. The van der Waals surface area contributed by atoms with Crippen molar-refractivity contribution in [2.75, 3.05) is 23.4 Å². The van der Waals surface area contributed by atoms with Crippen molar-refractivity contribution < 1.29 is 37.3 Å². The van der Waals surface area contributed by atoms with Crippen LogP contribution < -0.4 is 19.7 Å². The summed E-state index contributed by atoms with van der Waals surface area (Å²) >= 11 is 0. The standard InChI is InChI=1S/C27H27F3N2O5/c1-2-32-20-14-18(5-7-21(20)36-22(8-11-33)25(32)35)31-24(34)12-16-15-26(9-3-10-26)37-23-13-17(27(28,29)30)4-6-19(16)23/h4-7,12-14,22,33H,2-3,8-11,15H2,1H3,(H,31,34). The number of alkyl halides is 3. The van der Waals surface area contributed by atoms with E-state index in [2.05, 4.69) is 5.32 Å². The highest BCUT2D eigenvalue weighted by atomic mass is 19.4. The lowest BCUT2D eigenvalue weighted by Crippen LogP contribution is -2.46. The number of anilines is 2. The zero-order valence-electron chi connectivity index (χ0n) is 20.2. The Balaban J connectivity index is 1.41. The van der Waals surface area contributed by atoms with Crippen molar-refractivity contribution in [2.24, 2.45) is 0 Å². The number of hydrogen-bond donors (Lipinski definition) is 2. The van der Waals surface area contributed by atoms with Gasteiger partial charge in [-0.1, -0.05) is 6.07 Å². The maximum atomic E-state index is 13.3. The van der Waals surface area contributed by atoms with Gasteiger partial charge in [0.2, 0.25) is 5.91 Å². The second kappa shape index (κ2) is 9.41. The van der Waals surface area contributed by atoms with E-state index in [1.807, 2.05) is 6.92 Å². The largest absolute Gasteiger partial charge is 0.486 e. The number of likely N-dealkylation sites (N-methyl/N-ethyl adjacent to an activating group) is 1. The Labute approximate surface area is 211 Å². The zero-order valence-corrected chi connectivity index (χ0v) is 20.2. The van der Waals surface area contributed by atoms with Gasteiger partial charge in [-0.25, -0.2) is 0 Å². The van der Waals surface area contributed by atoms with Crippen LogP contribution >= 0.6 is 0 Å². The molecule has 1 atom stereocenters. The Kier molecular flexibility index (Phi) is 6.39.